The second kappa shape index (κ2) is 6.50. The second-order valence-electron chi connectivity index (χ2n) is 4.11. The van der Waals surface area contributed by atoms with Crippen molar-refractivity contribution >= 4 is 5.91 Å². The predicted molar refractivity (Wildman–Crippen MR) is 74.7 cm³/mol. The number of nitrogens with two attached hydrogens (primary N) is 1. The third-order valence-electron chi connectivity index (χ3n) is 2.72. The lowest BCUT2D eigenvalue weighted by atomic mass is 10.2. The van der Waals surface area contributed by atoms with Gasteiger partial charge in [0.05, 0.1) is 18.3 Å². The van der Waals surface area contributed by atoms with Crippen molar-refractivity contribution in [3.8, 4) is 11.8 Å². The molecule has 0 aromatic carbocycles. The van der Waals surface area contributed by atoms with Gasteiger partial charge in [-0.05, 0) is 19.1 Å². The summed E-state index contributed by atoms with van der Waals surface area (Å²) >= 11 is 0. The molecule has 0 atom stereocenters. The Morgan fingerprint density at radius 3 is 3.10 bits per heavy atom. The van der Waals surface area contributed by atoms with Crippen LogP contribution in [0.25, 0.3) is 0 Å². The van der Waals surface area contributed by atoms with Crippen molar-refractivity contribution in [3.63, 3.8) is 0 Å². The Kier molecular flexibility index (Phi) is 4.47. The third-order valence-corrected chi connectivity index (χ3v) is 2.72. The van der Waals surface area contributed by atoms with Crippen molar-refractivity contribution in [2.75, 3.05) is 6.54 Å². The number of hydrogen-bond donors (Lipinski definition) is 3. The van der Waals surface area contributed by atoms with Crippen LogP contribution in [0.1, 0.15) is 27.3 Å². The maximum Gasteiger partial charge on any atom is 0.271 e. The van der Waals surface area contributed by atoms with Crippen LogP contribution >= 0.6 is 0 Å². The lowest BCUT2D eigenvalue weighted by molar-refractivity contribution is 0.0945. The van der Waals surface area contributed by atoms with Crippen LogP contribution in [0.15, 0.2) is 24.5 Å². The van der Waals surface area contributed by atoms with Crippen LogP contribution in [0.2, 0.25) is 0 Å². The summed E-state index contributed by atoms with van der Waals surface area (Å²) < 4.78 is 0. The van der Waals surface area contributed by atoms with Crippen molar-refractivity contribution in [3.05, 3.63) is 47.0 Å². The number of aromatic nitrogens is 3. The topological polar surface area (TPSA) is 96.7 Å². The highest BCUT2D eigenvalue weighted by Crippen LogP contribution is 2.05. The van der Waals surface area contributed by atoms with Crippen molar-refractivity contribution < 1.29 is 4.79 Å². The van der Waals surface area contributed by atoms with E-state index in [1.807, 2.05) is 6.92 Å². The van der Waals surface area contributed by atoms with Gasteiger partial charge in [-0.1, -0.05) is 11.8 Å². The fraction of sp³-hybridized carbons (Fsp3) is 0.214. The van der Waals surface area contributed by atoms with E-state index in [4.69, 9.17) is 5.73 Å². The van der Waals surface area contributed by atoms with Crippen LogP contribution in [0.4, 0.5) is 0 Å². The Morgan fingerprint density at radius 1 is 1.55 bits per heavy atom. The van der Waals surface area contributed by atoms with Gasteiger partial charge in [-0.15, -0.1) is 0 Å². The maximum absolute atomic E-state index is 12.1. The van der Waals surface area contributed by atoms with E-state index in [0.29, 0.717) is 17.8 Å². The van der Waals surface area contributed by atoms with E-state index in [2.05, 4.69) is 32.3 Å². The normalized spacial score (nSPS) is 9.70. The zero-order chi connectivity index (χ0) is 14.4. The number of nitrogens with zero attached hydrogens (tertiary/aromatic N) is 2. The molecule has 0 aliphatic rings. The van der Waals surface area contributed by atoms with Crippen LogP contribution in [0, 0.1) is 18.8 Å². The predicted octanol–water partition coefficient (Wildman–Crippen LogP) is 0.353. The summed E-state index contributed by atoms with van der Waals surface area (Å²) in [7, 11) is 0. The van der Waals surface area contributed by atoms with Gasteiger partial charge < -0.3 is 11.1 Å². The number of H-pyrrole nitrogens is 1. The van der Waals surface area contributed by atoms with E-state index in [0.717, 1.165) is 11.3 Å². The quantitative estimate of drug-likeness (QED) is 0.701. The SMILES string of the molecule is Cc1[nH]ncc1CNC(=O)c1ncccc1C#CCN. The summed E-state index contributed by atoms with van der Waals surface area (Å²) in [5, 5.41) is 9.52. The summed E-state index contributed by atoms with van der Waals surface area (Å²) in [6, 6.07) is 3.48. The number of rotatable bonds is 3. The molecule has 20 heavy (non-hydrogen) atoms. The van der Waals surface area contributed by atoms with Gasteiger partial charge in [0.1, 0.15) is 5.69 Å². The molecule has 0 saturated heterocycles. The minimum atomic E-state index is -0.271. The Labute approximate surface area is 116 Å². The van der Waals surface area contributed by atoms with Gasteiger partial charge in [-0.25, -0.2) is 4.98 Å². The van der Waals surface area contributed by atoms with Crippen LogP contribution in [-0.2, 0) is 6.54 Å². The van der Waals surface area contributed by atoms with E-state index in [1.165, 1.54) is 0 Å². The zero-order valence-electron chi connectivity index (χ0n) is 11.1. The number of carbonyl (C=O) groups excluding carboxylic acids is 1. The molecule has 2 aromatic heterocycles. The van der Waals surface area contributed by atoms with Gasteiger partial charge in [-0.3, -0.25) is 9.89 Å². The summed E-state index contributed by atoms with van der Waals surface area (Å²) in [4.78, 5) is 16.2. The summed E-state index contributed by atoms with van der Waals surface area (Å²) in [6.45, 7) is 2.53. The highest BCUT2D eigenvalue weighted by molar-refractivity contribution is 5.94. The number of aromatic amines is 1. The van der Waals surface area contributed by atoms with E-state index < -0.39 is 0 Å². The molecule has 0 fully saturated rings. The van der Waals surface area contributed by atoms with E-state index in [1.54, 1.807) is 24.5 Å². The van der Waals surface area contributed by atoms with Gasteiger partial charge in [0, 0.05) is 24.0 Å². The summed E-state index contributed by atoms with van der Waals surface area (Å²) in [6.07, 6.45) is 3.24. The largest absolute Gasteiger partial charge is 0.346 e. The molecular weight excluding hydrogens is 254 g/mol. The molecule has 2 rings (SSSR count). The fourth-order valence-corrected chi connectivity index (χ4v) is 1.65. The molecule has 6 nitrogen and oxygen atoms in total. The smallest absolute Gasteiger partial charge is 0.271 e. The third kappa shape index (κ3) is 3.22. The number of hydrogen-bond acceptors (Lipinski definition) is 4. The van der Waals surface area contributed by atoms with Gasteiger partial charge in [-0.2, -0.15) is 5.10 Å². The van der Waals surface area contributed by atoms with E-state index >= 15 is 0 Å². The van der Waals surface area contributed by atoms with Crippen LogP contribution in [-0.4, -0.2) is 27.6 Å². The molecule has 0 spiro atoms. The molecule has 0 bridgehead atoms. The molecule has 102 valence electrons. The molecule has 0 unspecified atom stereocenters. The lowest BCUT2D eigenvalue weighted by Gasteiger charge is -2.05. The zero-order valence-corrected chi connectivity index (χ0v) is 11.1. The van der Waals surface area contributed by atoms with E-state index in [9.17, 15) is 4.79 Å². The van der Waals surface area contributed by atoms with Crippen LogP contribution in [0.5, 0.6) is 0 Å². The van der Waals surface area contributed by atoms with E-state index in [-0.39, 0.29) is 12.5 Å². The van der Waals surface area contributed by atoms with Crippen LogP contribution < -0.4 is 11.1 Å². The molecule has 0 aliphatic carbocycles. The van der Waals surface area contributed by atoms with Crippen molar-refractivity contribution in [2.45, 2.75) is 13.5 Å². The summed E-state index contributed by atoms with van der Waals surface area (Å²) in [5.74, 6) is 5.29. The lowest BCUT2D eigenvalue weighted by Crippen LogP contribution is -2.25. The molecule has 2 aromatic rings. The Bertz CT molecular complexity index is 665. The van der Waals surface area contributed by atoms with Crippen LogP contribution in [0.3, 0.4) is 0 Å². The summed E-state index contributed by atoms with van der Waals surface area (Å²) in [5.41, 5.74) is 8.07. The average molecular weight is 269 g/mol. The molecule has 1 amide bonds. The molecule has 0 saturated carbocycles. The minimum Gasteiger partial charge on any atom is -0.346 e. The molecular formula is C14H15N5O. The molecule has 0 radical (unpaired) electrons. The first-order chi connectivity index (χ1) is 9.72. The fourth-order valence-electron chi connectivity index (χ4n) is 1.65. The van der Waals surface area contributed by atoms with Gasteiger partial charge >= 0.3 is 0 Å². The maximum atomic E-state index is 12.1. The second-order valence-corrected chi connectivity index (χ2v) is 4.11. The number of nitrogens with one attached hydrogen (secondary N) is 2. The highest BCUT2D eigenvalue weighted by Gasteiger charge is 2.11. The Balaban J connectivity index is 2.11. The first-order valence-electron chi connectivity index (χ1n) is 6.13. The monoisotopic (exact) mass is 269 g/mol. The van der Waals surface area contributed by atoms with Crippen molar-refractivity contribution in [2.24, 2.45) is 5.73 Å². The van der Waals surface area contributed by atoms with Crippen molar-refractivity contribution in [1.29, 1.82) is 0 Å². The first kappa shape index (κ1) is 13.8. The Hall–Kier alpha value is -2.65. The number of amides is 1. The number of carbonyl (C=O) groups is 1. The molecule has 4 N–H and O–H groups in total. The van der Waals surface area contributed by atoms with Crippen molar-refractivity contribution in [1.82, 2.24) is 20.5 Å². The average Bonchev–Trinajstić information content (AvgIpc) is 2.88. The first-order valence-corrected chi connectivity index (χ1v) is 6.13. The highest BCUT2D eigenvalue weighted by atomic mass is 16.1. The molecule has 2 heterocycles. The van der Waals surface area contributed by atoms with Gasteiger partial charge in [0.15, 0.2) is 0 Å². The van der Waals surface area contributed by atoms with Gasteiger partial charge in [0.2, 0.25) is 0 Å². The number of aryl methyl sites for hydroxylation is 1. The Morgan fingerprint density at radius 2 is 2.40 bits per heavy atom. The molecule has 0 aliphatic heterocycles. The number of pyridine rings is 1. The standard InChI is InChI=1S/C14H15N5O/c1-10-12(9-18-19-10)8-17-14(20)13-11(4-2-6-15)5-3-7-16-13/h3,5,7,9H,6,8,15H2,1H3,(H,17,20)(H,18,19). The molecule has 6 heteroatoms. The minimum absolute atomic E-state index is 0.240. The van der Waals surface area contributed by atoms with Gasteiger partial charge in [0.25, 0.3) is 5.91 Å².